The smallest absolute Gasteiger partial charge is 0.248 e. The van der Waals surface area contributed by atoms with Gasteiger partial charge in [0, 0.05) is 11.1 Å². The fourth-order valence-corrected chi connectivity index (χ4v) is 3.92. The number of benzene rings is 4. The van der Waals surface area contributed by atoms with Crippen LogP contribution < -0.4 is 5.73 Å². The van der Waals surface area contributed by atoms with Gasteiger partial charge in [0.2, 0.25) is 5.91 Å². The molecule has 2 N–H and O–H groups in total. The number of nitrogens with two attached hydrogens (primary N) is 1. The lowest BCUT2D eigenvalue weighted by atomic mass is 9.97. The van der Waals surface area contributed by atoms with Gasteiger partial charge in [0.05, 0.1) is 17.1 Å². The van der Waals surface area contributed by atoms with Gasteiger partial charge in [0.1, 0.15) is 0 Å². The summed E-state index contributed by atoms with van der Waals surface area (Å²) >= 11 is 0. The number of fused-ring (bicyclic) bond motifs is 3. The van der Waals surface area contributed by atoms with E-state index in [2.05, 4.69) is 60.7 Å². The Labute approximate surface area is 168 Å². The maximum absolute atomic E-state index is 11.4. The summed E-state index contributed by atoms with van der Waals surface area (Å²) in [5.74, 6) is -0.436. The molecule has 0 aliphatic heterocycles. The van der Waals surface area contributed by atoms with Crippen molar-refractivity contribution in [3.05, 3.63) is 96.2 Å². The lowest BCUT2D eigenvalue weighted by Gasteiger charge is -2.12. The van der Waals surface area contributed by atoms with Gasteiger partial charge < -0.3 is 5.73 Å². The van der Waals surface area contributed by atoms with E-state index in [9.17, 15) is 4.79 Å². The van der Waals surface area contributed by atoms with Gasteiger partial charge in [0.15, 0.2) is 0 Å². The molecule has 0 aliphatic carbocycles. The van der Waals surface area contributed by atoms with Crippen LogP contribution in [0.4, 0.5) is 0 Å². The van der Waals surface area contributed by atoms with Gasteiger partial charge in [-0.2, -0.15) is 5.10 Å². The Morgan fingerprint density at radius 1 is 0.828 bits per heavy atom. The first kappa shape index (κ1) is 17.2. The molecule has 0 aliphatic rings. The minimum absolute atomic E-state index is 0.436. The second-order valence-electron chi connectivity index (χ2n) is 7.18. The Morgan fingerprint density at radius 2 is 1.59 bits per heavy atom. The van der Waals surface area contributed by atoms with Crippen LogP contribution in [-0.4, -0.2) is 15.7 Å². The largest absolute Gasteiger partial charge is 0.366 e. The minimum atomic E-state index is -0.436. The van der Waals surface area contributed by atoms with Crippen LogP contribution in [0.3, 0.4) is 0 Å². The summed E-state index contributed by atoms with van der Waals surface area (Å²) in [6.45, 7) is 1.98. The highest BCUT2D eigenvalue weighted by Gasteiger charge is 2.14. The Kier molecular flexibility index (Phi) is 3.91. The molecule has 0 saturated carbocycles. The van der Waals surface area contributed by atoms with Gasteiger partial charge in [-0.1, -0.05) is 54.6 Å². The van der Waals surface area contributed by atoms with Gasteiger partial charge in [-0.3, -0.25) is 4.79 Å². The molecule has 0 spiro atoms. The van der Waals surface area contributed by atoms with Gasteiger partial charge in [-0.15, -0.1) is 0 Å². The van der Waals surface area contributed by atoms with Crippen molar-refractivity contribution in [2.75, 3.05) is 0 Å². The van der Waals surface area contributed by atoms with E-state index < -0.39 is 5.91 Å². The molecule has 4 aromatic carbocycles. The van der Waals surface area contributed by atoms with Gasteiger partial charge in [-0.05, 0) is 58.8 Å². The fraction of sp³-hybridized carbons (Fsp3) is 0.0400. The Bertz CT molecular complexity index is 1380. The number of amides is 1. The average Bonchev–Trinajstić information content (AvgIpc) is 3.14. The highest BCUT2D eigenvalue weighted by molar-refractivity contribution is 6.11. The number of carbonyl (C=O) groups is 1. The maximum Gasteiger partial charge on any atom is 0.248 e. The number of rotatable bonds is 3. The van der Waals surface area contributed by atoms with E-state index in [-0.39, 0.29) is 0 Å². The van der Waals surface area contributed by atoms with Crippen molar-refractivity contribution in [1.82, 2.24) is 9.78 Å². The standard InChI is InChI=1S/C25H19N3O/c1-16-15-24(28(27-16)19-12-9-18(10-13-19)25(26)29)23-8-4-7-21-20-6-3-2-5-17(20)11-14-22(21)23/h2-15H,1H3,(H2,26,29). The van der Waals surface area contributed by atoms with Crippen molar-refractivity contribution in [3.8, 4) is 16.9 Å². The second-order valence-corrected chi connectivity index (χ2v) is 7.18. The molecule has 0 bridgehead atoms. The van der Waals surface area contributed by atoms with Crippen molar-refractivity contribution >= 4 is 27.5 Å². The lowest BCUT2D eigenvalue weighted by Crippen LogP contribution is -2.10. The zero-order valence-electron chi connectivity index (χ0n) is 16.0. The summed E-state index contributed by atoms with van der Waals surface area (Å²) < 4.78 is 1.92. The first-order valence-corrected chi connectivity index (χ1v) is 9.49. The predicted molar refractivity (Wildman–Crippen MR) is 117 cm³/mol. The molecule has 0 unspecified atom stereocenters. The summed E-state index contributed by atoms with van der Waals surface area (Å²) in [5.41, 5.74) is 9.80. The zero-order chi connectivity index (χ0) is 20.0. The lowest BCUT2D eigenvalue weighted by molar-refractivity contribution is 0.100. The number of primary amides is 1. The van der Waals surface area contributed by atoms with Crippen molar-refractivity contribution < 1.29 is 4.79 Å². The molecule has 140 valence electrons. The van der Waals surface area contributed by atoms with E-state index in [1.165, 1.54) is 21.5 Å². The van der Waals surface area contributed by atoms with E-state index >= 15 is 0 Å². The number of nitrogens with zero attached hydrogens (tertiary/aromatic N) is 2. The number of aromatic nitrogens is 2. The third kappa shape index (κ3) is 2.86. The number of aryl methyl sites for hydroxylation is 1. The molecule has 5 aromatic rings. The monoisotopic (exact) mass is 377 g/mol. The zero-order valence-corrected chi connectivity index (χ0v) is 16.0. The molecule has 0 saturated heterocycles. The second kappa shape index (κ2) is 6.60. The van der Waals surface area contributed by atoms with Crippen LogP contribution in [0.2, 0.25) is 0 Å². The summed E-state index contributed by atoms with van der Waals surface area (Å²) in [6.07, 6.45) is 0. The summed E-state index contributed by atoms with van der Waals surface area (Å²) in [4.78, 5) is 11.4. The molecule has 5 rings (SSSR count). The van der Waals surface area contributed by atoms with Gasteiger partial charge >= 0.3 is 0 Å². The molecule has 0 fully saturated rings. The van der Waals surface area contributed by atoms with Crippen LogP contribution in [0.15, 0.2) is 84.9 Å². The summed E-state index contributed by atoms with van der Waals surface area (Å²) in [5, 5.41) is 9.56. The van der Waals surface area contributed by atoms with Crippen LogP contribution in [0.5, 0.6) is 0 Å². The van der Waals surface area contributed by atoms with E-state index in [4.69, 9.17) is 10.8 Å². The summed E-state index contributed by atoms with van der Waals surface area (Å²) in [6, 6.07) is 28.4. The third-order valence-corrected chi connectivity index (χ3v) is 5.29. The van der Waals surface area contributed by atoms with Crippen LogP contribution in [0.25, 0.3) is 38.5 Å². The van der Waals surface area contributed by atoms with Crippen LogP contribution >= 0.6 is 0 Å². The predicted octanol–water partition coefficient (Wildman–Crippen LogP) is 5.25. The van der Waals surface area contributed by atoms with Crippen LogP contribution in [-0.2, 0) is 0 Å². The molecule has 1 aromatic heterocycles. The molecule has 0 radical (unpaired) electrons. The molecule has 29 heavy (non-hydrogen) atoms. The third-order valence-electron chi connectivity index (χ3n) is 5.29. The highest BCUT2D eigenvalue weighted by atomic mass is 16.1. The van der Waals surface area contributed by atoms with Crippen molar-refractivity contribution in [2.24, 2.45) is 5.73 Å². The van der Waals surface area contributed by atoms with E-state index in [1.807, 2.05) is 23.7 Å². The number of hydrogen-bond acceptors (Lipinski definition) is 2. The highest BCUT2D eigenvalue weighted by Crippen LogP contribution is 2.34. The Morgan fingerprint density at radius 3 is 2.38 bits per heavy atom. The fourth-order valence-electron chi connectivity index (χ4n) is 3.92. The van der Waals surface area contributed by atoms with Gasteiger partial charge in [-0.25, -0.2) is 4.68 Å². The quantitative estimate of drug-likeness (QED) is 0.436. The molecule has 0 atom stereocenters. The van der Waals surface area contributed by atoms with Crippen molar-refractivity contribution in [1.29, 1.82) is 0 Å². The Balaban J connectivity index is 1.74. The topological polar surface area (TPSA) is 60.9 Å². The first-order chi connectivity index (χ1) is 14.1. The first-order valence-electron chi connectivity index (χ1n) is 9.49. The van der Waals surface area contributed by atoms with Crippen LogP contribution in [0, 0.1) is 6.92 Å². The molecule has 1 heterocycles. The van der Waals surface area contributed by atoms with Crippen LogP contribution in [0.1, 0.15) is 16.1 Å². The molecule has 4 heteroatoms. The van der Waals surface area contributed by atoms with Gasteiger partial charge in [0.25, 0.3) is 0 Å². The van der Waals surface area contributed by atoms with Crippen molar-refractivity contribution in [3.63, 3.8) is 0 Å². The molecule has 1 amide bonds. The number of hydrogen-bond donors (Lipinski definition) is 1. The molecular weight excluding hydrogens is 358 g/mol. The minimum Gasteiger partial charge on any atom is -0.366 e. The normalized spacial score (nSPS) is 11.2. The summed E-state index contributed by atoms with van der Waals surface area (Å²) in [7, 11) is 0. The number of carbonyl (C=O) groups excluding carboxylic acids is 1. The van der Waals surface area contributed by atoms with Crippen molar-refractivity contribution in [2.45, 2.75) is 6.92 Å². The Hall–Kier alpha value is -3.92. The SMILES string of the molecule is Cc1cc(-c2cccc3c2ccc2ccccc23)n(-c2ccc(C(N)=O)cc2)n1. The average molecular weight is 377 g/mol. The molecule has 4 nitrogen and oxygen atoms in total. The van der Waals surface area contributed by atoms with E-state index in [0.717, 1.165) is 22.6 Å². The molecular formula is C25H19N3O. The maximum atomic E-state index is 11.4. The van der Waals surface area contributed by atoms with E-state index in [1.54, 1.807) is 12.1 Å². The van der Waals surface area contributed by atoms with E-state index in [0.29, 0.717) is 5.56 Å².